The van der Waals surface area contributed by atoms with Crippen molar-refractivity contribution in [2.75, 3.05) is 11.9 Å². The number of imidazole rings is 1. The van der Waals surface area contributed by atoms with Gasteiger partial charge in [0.15, 0.2) is 0 Å². The number of halogens is 4. The molecule has 0 aromatic carbocycles. The molecule has 2 aromatic heterocycles. The Balaban J connectivity index is 1.91. The average Bonchev–Trinajstić information content (AvgIpc) is 2.86. The number of hydrogen-bond donors (Lipinski definition) is 1. The summed E-state index contributed by atoms with van der Waals surface area (Å²) in [5.41, 5.74) is -0.811. The standard InChI is InChI=1S/C12H12ClF3N4/c13-10-6-9(12(14,15)16)7-11(19-10)18-2-1-4-20-5-3-17-8-20/h3,5-8H,1-2,4H2,(H,18,19). The smallest absolute Gasteiger partial charge is 0.370 e. The molecule has 8 heteroatoms. The van der Waals surface area contributed by atoms with E-state index in [0.717, 1.165) is 25.1 Å². The molecular formula is C12H12ClF3N4. The molecule has 0 saturated heterocycles. The van der Waals surface area contributed by atoms with Gasteiger partial charge in [0.05, 0.1) is 11.9 Å². The Kier molecular flexibility index (Phi) is 4.49. The van der Waals surface area contributed by atoms with E-state index < -0.39 is 11.7 Å². The van der Waals surface area contributed by atoms with Crippen molar-refractivity contribution in [1.29, 1.82) is 0 Å². The molecule has 4 nitrogen and oxygen atoms in total. The van der Waals surface area contributed by atoms with Crippen molar-refractivity contribution in [3.05, 3.63) is 41.6 Å². The predicted octanol–water partition coefficient (Wildman–Crippen LogP) is 3.45. The van der Waals surface area contributed by atoms with Gasteiger partial charge in [-0.25, -0.2) is 9.97 Å². The SMILES string of the molecule is FC(F)(F)c1cc(Cl)nc(NCCCn2ccnc2)c1. The summed E-state index contributed by atoms with van der Waals surface area (Å²) in [5, 5.41) is 2.65. The zero-order chi connectivity index (χ0) is 14.6. The van der Waals surface area contributed by atoms with Gasteiger partial charge < -0.3 is 9.88 Å². The van der Waals surface area contributed by atoms with Crippen molar-refractivity contribution >= 4 is 17.4 Å². The van der Waals surface area contributed by atoms with E-state index in [1.807, 2.05) is 10.8 Å². The van der Waals surface area contributed by atoms with E-state index in [9.17, 15) is 13.2 Å². The first-order chi connectivity index (χ1) is 9.45. The van der Waals surface area contributed by atoms with Crippen LogP contribution in [0, 0.1) is 0 Å². The third-order valence-electron chi connectivity index (χ3n) is 2.58. The maximum Gasteiger partial charge on any atom is 0.416 e. The minimum atomic E-state index is -4.43. The molecule has 0 aliphatic heterocycles. The Morgan fingerprint density at radius 2 is 2.10 bits per heavy atom. The molecule has 0 aliphatic rings. The maximum atomic E-state index is 12.6. The first-order valence-corrected chi connectivity index (χ1v) is 6.27. The van der Waals surface area contributed by atoms with Crippen LogP contribution in [0.5, 0.6) is 0 Å². The molecular weight excluding hydrogens is 293 g/mol. The molecule has 0 atom stereocenters. The van der Waals surface area contributed by atoms with Gasteiger partial charge in [-0.05, 0) is 18.6 Å². The second-order valence-corrected chi connectivity index (χ2v) is 4.53. The van der Waals surface area contributed by atoms with E-state index in [0.29, 0.717) is 6.54 Å². The Morgan fingerprint density at radius 3 is 2.75 bits per heavy atom. The number of nitrogens with zero attached hydrogens (tertiary/aromatic N) is 3. The molecule has 2 heterocycles. The Morgan fingerprint density at radius 1 is 1.30 bits per heavy atom. The van der Waals surface area contributed by atoms with Crippen molar-refractivity contribution < 1.29 is 13.2 Å². The van der Waals surface area contributed by atoms with Crippen LogP contribution in [-0.2, 0) is 12.7 Å². The highest BCUT2D eigenvalue weighted by Crippen LogP contribution is 2.31. The van der Waals surface area contributed by atoms with Crippen molar-refractivity contribution in [1.82, 2.24) is 14.5 Å². The molecule has 0 amide bonds. The van der Waals surface area contributed by atoms with Crippen LogP contribution < -0.4 is 5.32 Å². The number of rotatable bonds is 5. The lowest BCUT2D eigenvalue weighted by Gasteiger charge is -2.10. The molecule has 0 radical (unpaired) electrons. The van der Waals surface area contributed by atoms with Crippen LogP contribution in [0.1, 0.15) is 12.0 Å². The third kappa shape index (κ3) is 4.12. The van der Waals surface area contributed by atoms with Gasteiger partial charge in [0.2, 0.25) is 0 Å². The Labute approximate surface area is 118 Å². The molecule has 0 spiro atoms. The lowest BCUT2D eigenvalue weighted by atomic mass is 10.2. The quantitative estimate of drug-likeness (QED) is 0.679. The van der Waals surface area contributed by atoms with E-state index >= 15 is 0 Å². The number of alkyl halides is 3. The van der Waals surface area contributed by atoms with Crippen LogP contribution in [-0.4, -0.2) is 21.1 Å². The van der Waals surface area contributed by atoms with Crippen molar-refractivity contribution in [3.63, 3.8) is 0 Å². The molecule has 0 fully saturated rings. The number of pyridine rings is 1. The van der Waals surface area contributed by atoms with Gasteiger partial charge in [0.1, 0.15) is 11.0 Å². The zero-order valence-electron chi connectivity index (χ0n) is 10.4. The topological polar surface area (TPSA) is 42.7 Å². The summed E-state index contributed by atoms with van der Waals surface area (Å²) in [4.78, 5) is 7.71. The van der Waals surface area contributed by atoms with Gasteiger partial charge in [-0.3, -0.25) is 0 Å². The predicted molar refractivity (Wildman–Crippen MR) is 69.6 cm³/mol. The molecule has 0 aliphatic carbocycles. The highest BCUT2D eigenvalue weighted by atomic mass is 35.5. The van der Waals surface area contributed by atoms with Crippen molar-refractivity contribution in [2.45, 2.75) is 19.1 Å². The van der Waals surface area contributed by atoms with Crippen molar-refractivity contribution in [3.8, 4) is 0 Å². The second-order valence-electron chi connectivity index (χ2n) is 4.14. The molecule has 2 aromatic rings. The van der Waals surface area contributed by atoms with E-state index in [4.69, 9.17) is 11.6 Å². The summed E-state index contributed by atoms with van der Waals surface area (Å²) in [7, 11) is 0. The van der Waals surface area contributed by atoms with Crippen LogP contribution in [0.2, 0.25) is 5.15 Å². The molecule has 1 N–H and O–H groups in total. The lowest BCUT2D eigenvalue weighted by molar-refractivity contribution is -0.137. The van der Waals surface area contributed by atoms with E-state index in [1.54, 1.807) is 12.5 Å². The zero-order valence-corrected chi connectivity index (χ0v) is 11.1. The largest absolute Gasteiger partial charge is 0.416 e. The molecule has 0 saturated carbocycles. The van der Waals surface area contributed by atoms with Crippen LogP contribution in [0.15, 0.2) is 30.9 Å². The van der Waals surface area contributed by atoms with E-state index in [2.05, 4.69) is 15.3 Å². The minimum Gasteiger partial charge on any atom is -0.370 e. The first kappa shape index (κ1) is 14.6. The normalized spacial score (nSPS) is 11.6. The summed E-state index contributed by atoms with van der Waals surface area (Å²) >= 11 is 5.59. The monoisotopic (exact) mass is 304 g/mol. The highest BCUT2D eigenvalue weighted by Gasteiger charge is 2.31. The molecule has 2 rings (SSSR count). The summed E-state index contributed by atoms with van der Waals surface area (Å²) in [5.74, 6) is 0.121. The van der Waals surface area contributed by atoms with E-state index in [-0.39, 0.29) is 11.0 Å². The van der Waals surface area contributed by atoms with Gasteiger partial charge in [-0.15, -0.1) is 0 Å². The molecule has 20 heavy (non-hydrogen) atoms. The summed E-state index contributed by atoms with van der Waals surface area (Å²) in [6, 6.07) is 1.75. The Bertz CT molecular complexity index is 554. The van der Waals surface area contributed by atoms with Gasteiger partial charge in [-0.2, -0.15) is 13.2 Å². The average molecular weight is 305 g/mol. The Hall–Kier alpha value is -1.76. The summed E-state index contributed by atoms with van der Waals surface area (Å²) in [6.07, 6.45) is 1.46. The summed E-state index contributed by atoms with van der Waals surface area (Å²) < 4.78 is 39.7. The molecule has 0 bridgehead atoms. The van der Waals surface area contributed by atoms with E-state index in [1.165, 1.54) is 0 Å². The minimum absolute atomic E-state index is 0.121. The number of nitrogens with one attached hydrogen (secondary N) is 1. The van der Waals surface area contributed by atoms with Gasteiger partial charge >= 0.3 is 6.18 Å². The fourth-order valence-electron chi connectivity index (χ4n) is 1.65. The van der Waals surface area contributed by atoms with Crippen LogP contribution in [0.4, 0.5) is 19.0 Å². The van der Waals surface area contributed by atoms with Crippen LogP contribution in [0.25, 0.3) is 0 Å². The van der Waals surface area contributed by atoms with Gasteiger partial charge in [0, 0.05) is 25.5 Å². The van der Waals surface area contributed by atoms with Crippen molar-refractivity contribution in [2.24, 2.45) is 0 Å². The number of hydrogen-bond acceptors (Lipinski definition) is 3. The van der Waals surface area contributed by atoms with Gasteiger partial charge in [0.25, 0.3) is 0 Å². The fourth-order valence-corrected chi connectivity index (χ4v) is 1.86. The van der Waals surface area contributed by atoms with Crippen LogP contribution >= 0.6 is 11.6 Å². The number of aromatic nitrogens is 3. The second kappa shape index (κ2) is 6.13. The maximum absolute atomic E-state index is 12.6. The van der Waals surface area contributed by atoms with Gasteiger partial charge in [-0.1, -0.05) is 11.6 Å². The fraction of sp³-hybridized carbons (Fsp3) is 0.333. The number of aryl methyl sites for hydroxylation is 1. The highest BCUT2D eigenvalue weighted by molar-refractivity contribution is 6.29. The molecule has 108 valence electrons. The van der Waals surface area contributed by atoms with Crippen LogP contribution in [0.3, 0.4) is 0 Å². The third-order valence-corrected chi connectivity index (χ3v) is 2.77. The lowest BCUT2D eigenvalue weighted by Crippen LogP contribution is -2.10. The first-order valence-electron chi connectivity index (χ1n) is 5.89. The molecule has 0 unspecified atom stereocenters. The number of anilines is 1. The summed E-state index contributed by atoms with van der Waals surface area (Å²) in [6.45, 7) is 1.21.